The van der Waals surface area contributed by atoms with Gasteiger partial charge in [0.05, 0.1) is 37.1 Å². The number of nitrogens with one attached hydrogen (secondary N) is 1. The normalized spacial score (nSPS) is 17.2. The first-order valence-electron chi connectivity index (χ1n) is 9.87. The Bertz CT molecular complexity index is 1160. The van der Waals surface area contributed by atoms with Crippen molar-refractivity contribution in [2.75, 3.05) is 20.8 Å². The summed E-state index contributed by atoms with van der Waals surface area (Å²) in [7, 11) is 2.83. The molecule has 0 fully saturated rings. The molecule has 2 aromatic carbocycles. The summed E-state index contributed by atoms with van der Waals surface area (Å²) in [6.45, 7) is 4.05. The molecule has 0 radical (unpaired) electrons. The molecule has 2 aromatic rings. The van der Waals surface area contributed by atoms with E-state index in [2.05, 4.69) is 5.32 Å². The number of fused-ring (bicyclic) bond motifs is 2. The number of Topliss-reactive ketones (excluding diaryl/α,β-unsaturated/α-hetero) is 1. The molecule has 1 N–H and O–H groups in total. The van der Waals surface area contributed by atoms with Crippen LogP contribution in [0.25, 0.3) is 5.70 Å². The third kappa shape index (κ3) is 3.27. The first kappa shape index (κ1) is 21.0. The SMILES string of the molecule is CCOc1cc([C@@H]2C(C(=O)OC)=C(C)NC3=C2C(=O)c2ccccc23)cc(Cl)c1OC. The summed E-state index contributed by atoms with van der Waals surface area (Å²) in [5.41, 5.74) is 4.19. The molecule has 0 amide bonds. The number of allylic oxidation sites excluding steroid dienone is 2. The number of hydrogen-bond acceptors (Lipinski definition) is 6. The van der Waals surface area contributed by atoms with Crippen LogP contribution in [0.2, 0.25) is 5.02 Å². The zero-order valence-corrected chi connectivity index (χ0v) is 18.4. The minimum atomic E-state index is -0.675. The summed E-state index contributed by atoms with van der Waals surface area (Å²) in [5, 5.41) is 3.58. The maximum atomic E-state index is 13.4. The highest BCUT2D eigenvalue weighted by atomic mass is 35.5. The van der Waals surface area contributed by atoms with Gasteiger partial charge in [-0.15, -0.1) is 0 Å². The van der Waals surface area contributed by atoms with Crippen molar-refractivity contribution in [3.8, 4) is 11.5 Å². The predicted molar refractivity (Wildman–Crippen MR) is 117 cm³/mol. The van der Waals surface area contributed by atoms with E-state index in [0.29, 0.717) is 56.8 Å². The van der Waals surface area contributed by atoms with Crippen LogP contribution in [0.15, 0.2) is 53.2 Å². The molecular weight excluding hydrogens is 418 g/mol. The number of carbonyl (C=O) groups is 2. The second-order valence-electron chi connectivity index (χ2n) is 7.22. The fraction of sp³-hybridized carbons (Fsp3) is 0.250. The Kier molecular flexibility index (Phi) is 5.50. The molecule has 1 atom stereocenters. The van der Waals surface area contributed by atoms with E-state index in [4.69, 9.17) is 25.8 Å². The van der Waals surface area contributed by atoms with Crippen molar-refractivity contribution in [2.45, 2.75) is 19.8 Å². The van der Waals surface area contributed by atoms with E-state index < -0.39 is 11.9 Å². The predicted octanol–water partition coefficient (Wildman–Crippen LogP) is 4.49. The van der Waals surface area contributed by atoms with Gasteiger partial charge in [-0.3, -0.25) is 4.79 Å². The summed E-state index contributed by atoms with van der Waals surface area (Å²) in [5.74, 6) is -0.488. The van der Waals surface area contributed by atoms with E-state index in [1.54, 1.807) is 25.1 Å². The smallest absolute Gasteiger partial charge is 0.336 e. The van der Waals surface area contributed by atoms with Crippen LogP contribution in [0.4, 0.5) is 0 Å². The Morgan fingerprint density at radius 3 is 2.52 bits per heavy atom. The Morgan fingerprint density at radius 2 is 1.87 bits per heavy atom. The molecule has 0 aromatic heterocycles. The van der Waals surface area contributed by atoms with Gasteiger partial charge in [-0.05, 0) is 31.5 Å². The third-order valence-electron chi connectivity index (χ3n) is 5.52. The lowest BCUT2D eigenvalue weighted by Gasteiger charge is -2.29. The van der Waals surface area contributed by atoms with Gasteiger partial charge in [-0.1, -0.05) is 35.9 Å². The maximum Gasteiger partial charge on any atom is 0.336 e. The molecule has 4 rings (SSSR count). The molecule has 0 saturated heterocycles. The van der Waals surface area contributed by atoms with Crippen molar-refractivity contribution in [3.05, 3.63) is 75.0 Å². The molecule has 160 valence electrons. The largest absolute Gasteiger partial charge is 0.491 e. The Labute approximate surface area is 185 Å². The van der Waals surface area contributed by atoms with Crippen molar-refractivity contribution in [1.82, 2.24) is 5.32 Å². The average Bonchev–Trinajstić information content (AvgIpc) is 3.04. The highest BCUT2D eigenvalue weighted by molar-refractivity contribution is 6.32. The number of esters is 1. The average molecular weight is 440 g/mol. The van der Waals surface area contributed by atoms with E-state index in [-0.39, 0.29) is 5.78 Å². The van der Waals surface area contributed by atoms with Crippen molar-refractivity contribution < 1.29 is 23.8 Å². The minimum Gasteiger partial charge on any atom is -0.491 e. The maximum absolute atomic E-state index is 13.4. The third-order valence-corrected chi connectivity index (χ3v) is 5.80. The Morgan fingerprint density at radius 1 is 1.16 bits per heavy atom. The monoisotopic (exact) mass is 439 g/mol. The summed E-state index contributed by atoms with van der Waals surface area (Å²) in [6.07, 6.45) is 0. The van der Waals surface area contributed by atoms with Gasteiger partial charge in [0, 0.05) is 28.3 Å². The summed E-state index contributed by atoms with van der Waals surface area (Å²) in [4.78, 5) is 26.2. The molecule has 6 nitrogen and oxygen atoms in total. The molecule has 0 spiro atoms. The number of carbonyl (C=O) groups excluding carboxylic acids is 2. The van der Waals surface area contributed by atoms with Gasteiger partial charge >= 0.3 is 5.97 Å². The van der Waals surface area contributed by atoms with Gasteiger partial charge in [0.2, 0.25) is 0 Å². The molecule has 2 aliphatic rings. The quantitative estimate of drug-likeness (QED) is 0.692. The van der Waals surface area contributed by atoms with Gasteiger partial charge in [-0.2, -0.15) is 0 Å². The van der Waals surface area contributed by atoms with Crippen LogP contribution in [-0.4, -0.2) is 32.6 Å². The molecule has 31 heavy (non-hydrogen) atoms. The highest BCUT2D eigenvalue weighted by Crippen LogP contribution is 2.49. The zero-order chi connectivity index (χ0) is 22.3. The fourth-order valence-electron chi connectivity index (χ4n) is 4.26. The standard InChI is InChI=1S/C24H22ClNO5/c1-5-31-17-11-13(10-16(25)23(17)29-3)19-18(24(28)30-4)12(2)26-21-14-8-6-7-9-15(14)22(27)20(19)21/h6-11,19,26H,5H2,1-4H3/t19-/m1/s1. The molecule has 0 saturated carbocycles. The lowest BCUT2D eigenvalue weighted by atomic mass is 9.79. The number of ketones is 1. The van der Waals surface area contributed by atoms with Gasteiger partial charge < -0.3 is 19.5 Å². The number of hydrogen-bond donors (Lipinski definition) is 1. The van der Waals surface area contributed by atoms with Crippen molar-refractivity contribution in [1.29, 1.82) is 0 Å². The number of methoxy groups -OCH3 is 2. The second-order valence-corrected chi connectivity index (χ2v) is 7.63. The van der Waals surface area contributed by atoms with E-state index in [1.807, 2.05) is 25.1 Å². The van der Waals surface area contributed by atoms with E-state index in [0.717, 1.165) is 5.56 Å². The van der Waals surface area contributed by atoms with Gasteiger partial charge in [0.15, 0.2) is 17.3 Å². The first-order chi connectivity index (χ1) is 14.9. The Hall–Kier alpha value is -3.25. The second kappa shape index (κ2) is 8.12. The molecule has 0 unspecified atom stereocenters. The Balaban J connectivity index is 1.97. The summed E-state index contributed by atoms with van der Waals surface area (Å²) in [6, 6.07) is 10.8. The summed E-state index contributed by atoms with van der Waals surface area (Å²) < 4.78 is 16.2. The number of rotatable bonds is 5. The number of halogens is 1. The van der Waals surface area contributed by atoms with Crippen molar-refractivity contribution in [2.24, 2.45) is 0 Å². The molecule has 7 heteroatoms. The van der Waals surface area contributed by atoms with Crippen LogP contribution >= 0.6 is 11.6 Å². The van der Waals surface area contributed by atoms with Gasteiger partial charge in [0.1, 0.15) is 0 Å². The number of ether oxygens (including phenoxy) is 3. The lowest BCUT2D eigenvalue weighted by Crippen LogP contribution is -2.29. The minimum absolute atomic E-state index is 0.137. The summed E-state index contributed by atoms with van der Waals surface area (Å²) >= 11 is 6.50. The van der Waals surface area contributed by atoms with Gasteiger partial charge in [-0.25, -0.2) is 4.79 Å². The number of benzene rings is 2. The van der Waals surface area contributed by atoms with Crippen molar-refractivity contribution >= 4 is 29.1 Å². The van der Waals surface area contributed by atoms with Crippen LogP contribution in [0.1, 0.15) is 41.3 Å². The topological polar surface area (TPSA) is 73.9 Å². The fourth-order valence-corrected chi connectivity index (χ4v) is 4.55. The van der Waals surface area contributed by atoms with Gasteiger partial charge in [0.25, 0.3) is 0 Å². The molecular formula is C24H22ClNO5. The van der Waals surface area contributed by atoms with Crippen LogP contribution in [-0.2, 0) is 9.53 Å². The van der Waals surface area contributed by atoms with E-state index in [9.17, 15) is 9.59 Å². The molecule has 0 bridgehead atoms. The van der Waals surface area contributed by atoms with E-state index >= 15 is 0 Å². The molecule has 1 aliphatic heterocycles. The van der Waals surface area contributed by atoms with Crippen LogP contribution in [0.5, 0.6) is 11.5 Å². The van der Waals surface area contributed by atoms with Crippen LogP contribution in [0.3, 0.4) is 0 Å². The van der Waals surface area contributed by atoms with Crippen LogP contribution < -0.4 is 14.8 Å². The molecule has 1 aliphatic carbocycles. The van der Waals surface area contributed by atoms with Crippen LogP contribution in [0, 0.1) is 0 Å². The zero-order valence-electron chi connectivity index (χ0n) is 17.7. The lowest BCUT2D eigenvalue weighted by molar-refractivity contribution is -0.136. The van der Waals surface area contributed by atoms with Crippen molar-refractivity contribution in [3.63, 3.8) is 0 Å². The van der Waals surface area contributed by atoms with E-state index in [1.165, 1.54) is 14.2 Å². The molecule has 1 heterocycles. The number of dihydropyridines is 1. The highest BCUT2D eigenvalue weighted by Gasteiger charge is 2.43. The first-order valence-corrected chi connectivity index (χ1v) is 10.2.